The number of nitro benzene ring substituents is 1. The lowest BCUT2D eigenvalue weighted by Gasteiger charge is -2.37. The van der Waals surface area contributed by atoms with E-state index in [0.717, 1.165) is 12.8 Å². The van der Waals surface area contributed by atoms with Gasteiger partial charge in [0.1, 0.15) is 5.70 Å². The SMILES string of the molecule is CC1CN(C2=C(c3ccc([N+](=O)[O-])cc3)C(=O)N(CC3CCCO3)C2=O)CC(C)O1. The molecule has 2 fully saturated rings. The zero-order chi connectivity index (χ0) is 21.4. The Labute approximate surface area is 174 Å². The zero-order valence-electron chi connectivity index (χ0n) is 17.1. The van der Waals surface area contributed by atoms with E-state index in [1.807, 2.05) is 18.7 Å². The van der Waals surface area contributed by atoms with Crippen LogP contribution in [0.4, 0.5) is 5.69 Å². The predicted molar refractivity (Wildman–Crippen MR) is 107 cm³/mol. The van der Waals surface area contributed by atoms with Crippen molar-refractivity contribution in [3.8, 4) is 0 Å². The van der Waals surface area contributed by atoms with Crippen LogP contribution in [0.25, 0.3) is 5.57 Å². The molecule has 1 aromatic rings. The summed E-state index contributed by atoms with van der Waals surface area (Å²) in [5.74, 6) is -0.726. The maximum absolute atomic E-state index is 13.4. The number of hydrogen-bond donors (Lipinski definition) is 0. The van der Waals surface area contributed by atoms with Crippen molar-refractivity contribution in [3.05, 3.63) is 45.6 Å². The summed E-state index contributed by atoms with van der Waals surface area (Å²) in [7, 11) is 0. The van der Waals surface area contributed by atoms with Crippen molar-refractivity contribution in [2.24, 2.45) is 0 Å². The molecular formula is C21H25N3O6. The fourth-order valence-corrected chi connectivity index (χ4v) is 4.38. The van der Waals surface area contributed by atoms with E-state index in [0.29, 0.717) is 31.0 Å². The molecule has 3 atom stereocenters. The van der Waals surface area contributed by atoms with Crippen molar-refractivity contribution in [2.45, 2.75) is 45.0 Å². The second-order valence-electron chi connectivity index (χ2n) is 8.05. The second kappa shape index (κ2) is 8.16. The highest BCUT2D eigenvalue weighted by atomic mass is 16.6. The third kappa shape index (κ3) is 3.82. The molecular weight excluding hydrogens is 390 g/mol. The van der Waals surface area contributed by atoms with Gasteiger partial charge in [-0.3, -0.25) is 24.6 Å². The molecule has 4 rings (SSSR count). The Kier molecular flexibility index (Phi) is 5.57. The van der Waals surface area contributed by atoms with Gasteiger partial charge in [-0.1, -0.05) is 0 Å². The second-order valence-corrected chi connectivity index (χ2v) is 8.05. The fourth-order valence-electron chi connectivity index (χ4n) is 4.38. The van der Waals surface area contributed by atoms with E-state index in [1.165, 1.54) is 29.2 Å². The molecule has 3 unspecified atom stereocenters. The largest absolute Gasteiger partial charge is 0.376 e. The summed E-state index contributed by atoms with van der Waals surface area (Å²) >= 11 is 0. The van der Waals surface area contributed by atoms with Crippen LogP contribution in [0.15, 0.2) is 30.0 Å². The molecule has 0 radical (unpaired) electrons. The summed E-state index contributed by atoms with van der Waals surface area (Å²) in [5, 5.41) is 11.0. The lowest BCUT2D eigenvalue weighted by molar-refractivity contribution is -0.384. The molecule has 30 heavy (non-hydrogen) atoms. The maximum atomic E-state index is 13.4. The van der Waals surface area contributed by atoms with Gasteiger partial charge in [-0.05, 0) is 44.4 Å². The van der Waals surface area contributed by atoms with E-state index in [-0.39, 0.29) is 47.9 Å². The number of non-ortho nitro benzene ring substituents is 1. The molecule has 0 saturated carbocycles. The number of nitro groups is 1. The highest BCUT2D eigenvalue weighted by Crippen LogP contribution is 2.34. The minimum Gasteiger partial charge on any atom is -0.376 e. The van der Waals surface area contributed by atoms with Crippen molar-refractivity contribution >= 4 is 23.1 Å². The molecule has 2 amide bonds. The number of nitrogens with zero attached hydrogens (tertiary/aromatic N) is 3. The smallest absolute Gasteiger partial charge is 0.277 e. The monoisotopic (exact) mass is 415 g/mol. The topological polar surface area (TPSA) is 102 Å². The molecule has 0 N–H and O–H groups in total. The predicted octanol–water partition coefficient (Wildman–Crippen LogP) is 1.96. The van der Waals surface area contributed by atoms with Gasteiger partial charge in [0.05, 0.1) is 35.4 Å². The highest BCUT2D eigenvalue weighted by molar-refractivity contribution is 6.35. The van der Waals surface area contributed by atoms with Gasteiger partial charge in [0.25, 0.3) is 17.5 Å². The van der Waals surface area contributed by atoms with Crippen molar-refractivity contribution in [1.82, 2.24) is 9.80 Å². The van der Waals surface area contributed by atoms with E-state index >= 15 is 0 Å². The van der Waals surface area contributed by atoms with Crippen LogP contribution < -0.4 is 0 Å². The Morgan fingerprint density at radius 2 is 1.77 bits per heavy atom. The van der Waals surface area contributed by atoms with Gasteiger partial charge < -0.3 is 14.4 Å². The summed E-state index contributed by atoms with van der Waals surface area (Å²) in [6.45, 7) is 5.69. The first-order valence-corrected chi connectivity index (χ1v) is 10.2. The molecule has 2 saturated heterocycles. The number of rotatable bonds is 5. The molecule has 3 heterocycles. The van der Waals surface area contributed by atoms with Gasteiger partial charge in [0.2, 0.25) is 0 Å². The number of benzene rings is 1. The van der Waals surface area contributed by atoms with Crippen molar-refractivity contribution in [2.75, 3.05) is 26.2 Å². The molecule has 3 aliphatic rings. The van der Waals surface area contributed by atoms with E-state index in [4.69, 9.17) is 9.47 Å². The standard InChI is InChI=1S/C21H25N3O6/c1-13-10-22(11-14(2)30-13)19-18(15-5-7-16(8-6-15)24(27)28)20(25)23(21(19)26)12-17-4-3-9-29-17/h5-8,13-14,17H,3-4,9-12H2,1-2H3. The Balaban J connectivity index is 1.72. The Bertz CT molecular complexity index is 881. The van der Waals surface area contributed by atoms with Gasteiger partial charge in [0, 0.05) is 31.8 Å². The molecule has 160 valence electrons. The van der Waals surface area contributed by atoms with Gasteiger partial charge >= 0.3 is 0 Å². The van der Waals surface area contributed by atoms with Crippen LogP contribution in [0.5, 0.6) is 0 Å². The molecule has 0 aromatic heterocycles. The van der Waals surface area contributed by atoms with Crippen molar-refractivity contribution < 1.29 is 24.0 Å². The van der Waals surface area contributed by atoms with E-state index in [9.17, 15) is 19.7 Å². The number of amides is 2. The zero-order valence-corrected chi connectivity index (χ0v) is 17.1. The summed E-state index contributed by atoms with van der Waals surface area (Å²) in [6.07, 6.45) is 1.39. The first kappa shape index (κ1) is 20.5. The van der Waals surface area contributed by atoms with Crippen LogP contribution in [0.3, 0.4) is 0 Å². The number of carbonyl (C=O) groups excluding carboxylic acids is 2. The van der Waals surface area contributed by atoms with Gasteiger partial charge in [0.15, 0.2) is 0 Å². The normalized spacial score (nSPS) is 27.3. The molecule has 9 nitrogen and oxygen atoms in total. The minimum absolute atomic E-state index is 0.0671. The van der Waals surface area contributed by atoms with E-state index in [1.54, 1.807) is 0 Å². The molecule has 0 spiro atoms. The van der Waals surface area contributed by atoms with E-state index in [2.05, 4.69) is 0 Å². The Morgan fingerprint density at radius 3 is 2.33 bits per heavy atom. The number of carbonyl (C=O) groups is 2. The average Bonchev–Trinajstić information content (AvgIpc) is 3.29. The Hall–Kier alpha value is -2.78. The molecule has 1 aromatic carbocycles. The first-order chi connectivity index (χ1) is 14.3. The van der Waals surface area contributed by atoms with Crippen molar-refractivity contribution in [1.29, 1.82) is 0 Å². The quantitative estimate of drug-likeness (QED) is 0.411. The molecule has 9 heteroatoms. The summed E-state index contributed by atoms with van der Waals surface area (Å²) in [5.41, 5.74) is 1.06. The minimum atomic E-state index is -0.490. The average molecular weight is 415 g/mol. The molecule has 0 aliphatic carbocycles. The van der Waals surface area contributed by atoms with E-state index < -0.39 is 4.92 Å². The number of morpholine rings is 1. The van der Waals surface area contributed by atoms with Gasteiger partial charge in [-0.25, -0.2) is 0 Å². The number of imide groups is 1. The fraction of sp³-hybridized carbons (Fsp3) is 0.524. The van der Waals surface area contributed by atoms with Crippen LogP contribution >= 0.6 is 0 Å². The maximum Gasteiger partial charge on any atom is 0.277 e. The summed E-state index contributed by atoms with van der Waals surface area (Å²) in [6, 6.07) is 5.76. The first-order valence-electron chi connectivity index (χ1n) is 10.2. The van der Waals surface area contributed by atoms with Crippen LogP contribution in [-0.4, -0.2) is 71.1 Å². The van der Waals surface area contributed by atoms with Crippen molar-refractivity contribution in [3.63, 3.8) is 0 Å². The van der Waals surface area contributed by atoms with Gasteiger partial charge in [-0.15, -0.1) is 0 Å². The number of hydrogen-bond acceptors (Lipinski definition) is 7. The lowest BCUT2D eigenvalue weighted by atomic mass is 10.0. The van der Waals surface area contributed by atoms with Crippen LogP contribution in [0.2, 0.25) is 0 Å². The molecule has 0 bridgehead atoms. The summed E-state index contributed by atoms with van der Waals surface area (Å²) in [4.78, 5) is 40.4. The highest BCUT2D eigenvalue weighted by Gasteiger charge is 2.44. The number of ether oxygens (including phenoxy) is 2. The van der Waals surface area contributed by atoms with Crippen LogP contribution in [0, 0.1) is 10.1 Å². The van der Waals surface area contributed by atoms with Crippen LogP contribution in [0.1, 0.15) is 32.3 Å². The van der Waals surface area contributed by atoms with Gasteiger partial charge in [-0.2, -0.15) is 0 Å². The third-order valence-electron chi connectivity index (χ3n) is 5.66. The lowest BCUT2D eigenvalue weighted by Crippen LogP contribution is -2.47. The Morgan fingerprint density at radius 1 is 1.10 bits per heavy atom. The summed E-state index contributed by atoms with van der Waals surface area (Å²) < 4.78 is 11.4. The molecule has 3 aliphatic heterocycles. The van der Waals surface area contributed by atoms with Crippen LogP contribution in [-0.2, 0) is 19.1 Å². The third-order valence-corrected chi connectivity index (χ3v) is 5.66.